The topological polar surface area (TPSA) is 26.3 Å². The fourth-order valence-corrected chi connectivity index (χ4v) is 0.563. The van der Waals surface area contributed by atoms with Gasteiger partial charge in [0.05, 0.1) is 11.9 Å². The first-order chi connectivity index (χ1) is 3.81. The second-order valence-electron chi connectivity index (χ2n) is 1.42. The van der Waals surface area contributed by atoms with Crippen LogP contribution in [0.1, 0.15) is 6.42 Å². The second kappa shape index (κ2) is 5.25. The van der Waals surface area contributed by atoms with Crippen molar-refractivity contribution in [3.63, 3.8) is 0 Å². The molecule has 0 aromatic heterocycles. The first-order valence-corrected chi connectivity index (χ1v) is 3.50. The summed E-state index contributed by atoms with van der Waals surface area (Å²) >= 11 is 3.04. The predicted molar refractivity (Wildman–Crippen MR) is 35.3 cm³/mol. The molecule has 0 radical (unpaired) electrons. The first kappa shape index (κ1) is 8.11. The fourth-order valence-electron chi connectivity index (χ4n) is 0.283. The van der Waals surface area contributed by atoms with Crippen LogP contribution in [0.15, 0.2) is 0 Å². The molecule has 48 valence electrons. The summed E-state index contributed by atoms with van der Waals surface area (Å²) in [7, 11) is 1.58. The maximum Gasteiger partial charge on any atom is 0.145 e. The molecule has 0 unspecified atom stereocenters. The lowest BCUT2D eigenvalue weighted by atomic mass is 10.3. The van der Waals surface area contributed by atoms with Gasteiger partial charge in [0, 0.05) is 13.5 Å². The van der Waals surface area contributed by atoms with Crippen molar-refractivity contribution in [3.05, 3.63) is 0 Å². The lowest BCUT2D eigenvalue weighted by molar-refractivity contribution is -0.117. The third-order valence-corrected chi connectivity index (χ3v) is 1.36. The highest BCUT2D eigenvalue weighted by Crippen LogP contribution is 1.88. The number of alkyl halides is 1. The van der Waals surface area contributed by atoms with Gasteiger partial charge >= 0.3 is 0 Å². The molecule has 0 aliphatic heterocycles. The minimum Gasteiger partial charge on any atom is -0.384 e. The van der Waals surface area contributed by atoms with Gasteiger partial charge in [-0.3, -0.25) is 4.79 Å². The molecule has 0 heterocycles. The molecule has 0 N–H and O–H groups in total. The van der Waals surface area contributed by atoms with E-state index in [1.807, 2.05) is 0 Å². The summed E-state index contributed by atoms with van der Waals surface area (Å²) in [6.45, 7) is 0.532. The van der Waals surface area contributed by atoms with Crippen LogP contribution in [0.2, 0.25) is 0 Å². The molecule has 0 aliphatic rings. The number of hydrogen-bond acceptors (Lipinski definition) is 2. The molecule has 0 atom stereocenters. The van der Waals surface area contributed by atoms with E-state index in [9.17, 15) is 4.79 Å². The van der Waals surface area contributed by atoms with Gasteiger partial charge in [-0.25, -0.2) is 0 Å². The van der Waals surface area contributed by atoms with E-state index >= 15 is 0 Å². The lowest BCUT2D eigenvalue weighted by Crippen LogP contribution is -2.02. The van der Waals surface area contributed by atoms with E-state index in [2.05, 4.69) is 20.7 Å². The Morgan fingerprint density at radius 1 is 1.75 bits per heavy atom. The largest absolute Gasteiger partial charge is 0.384 e. The van der Waals surface area contributed by atoms with Gasteiger partial charge in [-0.15, -0.1) is 0 Å². The molecule has 0 fully saturated rings. The Morgan fingerprint density at radius 2 is 2.38 bits per heavy atom. The van der Waals surface area contributed by atoms with Gasteiger partial charge in [0.1, 0.15) is 5.78 Å². The average molecular weight is 181 g/mol. The molecule has 0 amide bonds. The van der Waals surface area contributed by atoms with Gasteiger partial charge in [0.15, 0.2) is 0 Å². The standard InChI is InChI=1S/C5H9BrO2/c1-8-3-2-5(7)4-6/h2-4H2,1H3. The van der Waals surface area contributed by atoms with Crippen LogP contribution >= 0.6 is 15.9 Å². The number of ether oxygens (including phenoxy) is 1. The van der Waals surface area contributed by atoms with Crippen LogP contribution in [-0.2, 0) is 9.53 Å². The van der Waals surface area contributed by atoms with E-state index in [-0.39, 0.29) is 5.78 Å². The number of hydrogen-bond donors (Lipinski definition) is 0. The van der Waals surface area contributed by atoms with Crippen LogP contribution in [0.3, 0.4) is 0 Å². The number of Topliss-reactive ketones (excluding diaryl/α,β-unsaturated/α-hetero) is 1. The Labute approximate surface area is 57.3 Å². The normalized spacial score (nSPS) is 9.25. The molecule has 0 rings (SSSR count). The molecule has 0 aliphatic carbocycles. The molecule has 0 bridgehead atoms. The monoisotopic (exact) mass is 180 g/mol. The smallest absolute Gasteiger partial charge is 0.145 e. The molecule has 0 spiro atoms. The zero-order valence-corrected chi connectivity index (χ0v) is 6.40. The van der Waals surface area contributed by atoms with Gasteiger partial charge in [-0.05, 0) is 0 Å². The lowest BCUT2D eigenvalue weighted by Gasteiger charge is -1.92. The van der Waals surface area contributed by atoms with E-state index in [1.54, 1.807) is 7.11 Å². The van der Waals surface area contributed by atoms with Crippen molar-refractivity contribution in [2.24, 2.45) is 0 Å². The third kappa shape index (κ3) is 4.27. The van der Waals surface area contributed by atoms with Gasteiger partial charge in [0.25, 0.3) is 0 Å². The van der Waals surface area contributed by atoms with Gasteiger partial charge in [0.2, 0.25) is 0 Å². The van der Waals surface area contributed by atoms with Gasteiger partial charge < -0.3 is 4.74 Å². The molecular formula is C5H9BrO2. The number of carbonyl (C=O) groups excluding carboxylic acids is 1. The van der Waals surface area contributed by atoms with Crippen molar-refractivity contribution >= 4 is 21.7 Å². The van der Waals surface area contributed by atoms with Crippen LogP contribution in [-0.4, -0.2) is 24.8 Å². The average Bonchev–Trinajstić information content (AvgIpc) is 1.83. The number of halogens is 1. The Hall–Kier alpha value is 0.110. The zero-order chi connectivity index (χ0) is 6.41. The Kier molecular flexibility index (Phi) is 5.32. The molecule has 0 saturated carbocycles. The van der Waals surface area contributed by atoms with Crippen molar-refractivity contribution < 1.29 is 9.53 Å². The van der Waals surface area contributed by atoms with Crippen molar-refractivity contribution in [2.75, 3.05) is 19.0 Å². The number of methoxy groups -OCH3 is 1. The van der Waals surface area contributed by atoms with Crippen molar-refractivity contribution in [3.8, 4) is 0 Å². The van der Waals surface area contributed by atoms with Crippen LogP contribution in [0.4, 0.5) is 0 Å². The van der Waals surface area contributed by atoms with Crippen LogP contribution in [0.25, 0.3) is 0 Å². The number of carbonyl (C=O) groups is 1. The molecule has 0 saturated heterocycles. The summed E-state index contributed by atoms with van der Waals surface area (Å²) in [5.74, 6) is 0.187. The highest BCUT2D eigenvalue weighted by molar-refractivity contribution is 9.09. The summed E-state index contributed by atoms with van der Waals surface area (Å²) in [5.41, 5.74) is 0. The highest BCUT2D eigenvalue weighted by Gasteiger charge is 1.95. The maximum absolute atomic E-state index is 10.4. The SMILES string of the molecule is COCCC(=O)CBr. The summed E-state index contributed by atoms with van der Waals surface area (Å²) in [4.78, 5) is 10.4. The van der Waals surface area contributed by atoms with Gasteiger partial charge in [-0.1, -0.05) is 15.9 Å². The summed E-state index contributed by atoms with van der Waals surface area (Å²) < 4.78 is 4.67. The molecule has 2 nitrogen and oxygen atoms in total. The zero-order valence-electron chi connectivity index (χ0n) is 4.82. The number of ketones is 1. The van der Waals surface area contributed by atoms with Crippen LogP contribution in [0, 0.1) is 0 Å². The van der Waals surface area contributed by atoms with Crippen LogP contribution in [0.5, 0.6) is 0 Å². The highest BCUT2D eigenvalue weighted by atomic mass is 79.9. The molecular weight excluding hydrogens is 172 g/mol. The Morgan fingerprint density at radius 3 is 2.75 bits per heavy atom. The minimum absolute atomic E-state index is 0.187. The predicted octanol–water partition coefficient (Wildman–Crippen LogP) is 0.987. The van der Waals surface area contributed by atoms with E-state index < -0.39 is 0 Å². The summed E-state index contributed by atoms with van der Waals surface area (Å²) in [6.07, 6.45) is 0.516. The van der Waals surface area contributed by atoms with Gasteiger partial charge in [-0.2, -0.15) is 0 Å². The molecule has 3 heteroatoms. The fraction of sp³-hybridized carbons (Fsp3) is 0.800. The third-order valence-electron chi connectivity index (χ3n) is 0.734. The van der Waals surface area contributed by atoms with E-state index in [0.29, 0.717) is 18.4 Å². The van der Waals surface area contributed by atoms with Crippen LogP contribution < -0.4 is 0 Å². The maximum atomic E-state index is 10.4. The Bertz CT molecular complexity index is 72.8. The molecule has 8 heavy (non-hydrogen) atoms. The second-order valence-corrected chi connectivity index (χ2v) is 1.98. The van der Waals surface area contributed by atoms with Crippen molar-refractivity contribution in [1.82, 2.24) is 0 Å². The van der Waals surface area contributed by atoms with Crippen molar-refractivity contribution in [1.29, 1.82) is 0 Å². The first-order valence-electron chi connectivity index (χ1n) is 2.38. The van der Waals surface area contributed by atoms with E-state index in [4.69, 9.17) is 0 Å². The number of rotatable bonds is 4. The summed E-state index contributed by atoms with van der Waals surface area (Å²) in [5, 5.41) is 0.441. The van der Waals surface area contributed by atoms with E-state index in [0.717, 1.165) is 0 Å². The molecule has 0 aromatic rings. The quantitative estimate of drug-likeness (QED) is 0.604. The van der Waals surface area contributed by atoms with E-state index in [1.165, 1.54) is 0 Å². The van der Waals surface area contributed by atoms with Crippen molar-refractivity contribution in [2.45, 2.75) is 6.42 Å². The minimum atomic E-state index is 0.187. The Balaban J connectivity index is 2.99. The summed E-state index contributed by atoms with van der Waals surface area (Å²) in [6, 6.07) is 0. The molecule has 0 aromatic carbocycles.